The van der Waals surface area contributed by atoms with Crippen LogP contribution in [0.1, 0.15) is 175 Å². The van der Waals surface area contributed by atoms with E-state index in [1.54, 1.807) is 0 Å². The van der Waals surface area contributed by atoms with Crippen molar-refractivity contribution in [3.05, 3.63) is 252 Å². The van der Waals surface area contributed by atoms with Crippen LogP contribution >= 0.6 is 0 Å². The lowest BCUT2D eigenvalue weighted by atomic mass is 9.33. The molecule has 6 aliphatic rings. The zero-order chi connectivity index (χ0) is 64.4. The monoisotopic (exact) mass is 1210 g/mol. The molecular formula is C88H91BN4. The molecule has 0 bridgehead atoms. The number of hydrogen-bond acceptors (Lipinski definition) is 4. The van der Waals surface area contributed by atoms with Crippen molar-refractivity contribution in [3.8, 4) is 22.3 Å². The second kappa shape index (κ2) is 21.0. The molecule has 466 valence electrons. The number of fused-ring (bicyclic) bond motifs is 9. The maximum Gasteiger partial charge on any atom is 0.252 e. The Morgan fingerprint density at radius 1 is 0.355 bits per heavy atom. The molecule has 0 spiro atoms. The minimum absolute atomic E-state index is 0.00343. The van der Waals surface area contributed by atoms with E-state index in [1.165, 1.54) is 142 Å². The molecule has 10 aromatic carbocycles. The standard InChI is InChI=1S/C88H91BN4/c1-82(2,3)61-37-42-75(67(51-61)59-30-20-15-21-31-59)92-77-41-36-60(58-28-18-14-19-29-58)50-73(77)89-74-56-70-71(86(10,11)49-48-85(70,8)9)57-78(74)91(65-38-40-68-69(52-65)84(6,7)47-46-83(68,4)5)79-54-66(55-80(92)81(79)89)93-76-43-39-64(53-72(76)87(12)44-26-27-45-88(87,93)13)90(62-32-22-16-23-33-62)63-34-24-17-25-35-63/h14-25,28-43,50-57H,26-27,44-49H2,1-13H3. The predicted molar refractivity (Wildman–Crippen MR) is 398 cm³/mol. The van der Waals surface area contributed by atoms with Crippen LogP contribution in [0.25, 0.3) is 22.3 Å². The summed E-state index contributed by atoms with van der Waals surface area (Å²) < 4.78 is 0. The molecule has 0 radical (unpaired) electrons. The number of hydrogen-bond donors (Lipinski definition) is 0. The van der Waals surface area contributed by atoms with Crippen LogP contribution in [0.15, 0.2) is 218 Å². The number of benzene rings is 10. The van der Waals surface area contributed by atoms with Crippen molar-refractivity contribution in [2.24, 2.45) is 0 Å². The lowest BCUT2D eigenvalue weighted by Crippen LogP contribution is -2.62. The van der Waals surface area contributed by atoms with Gasteiger partial charge in [-0.2, -0.15) is 0 Å². The van der Waals surface area contributed by atoms with Gasteiger partial charge in [0.2, 0.25) is 0 Å². The van der Waals surface area contributed by atoms with Crippen molar-refractivity contribution >= 4 is 85.7 Å². The largest absolute Gasteiger partial charge is 0.334 e. The maximum atomic E-state index is 2.87. The van der Waals surface area contributed by atoms with Gasteiger partial charge in [-0.05, 0) is 230 Å². The van der Waals surface area contributed by atoms with Crippen LogP contribution in [-0.2, 0) is 32.5 Å². The first-order chi connectivity index (χ1) is 44.5. The average molecular weight is 1220 g/mol. The van der Waals surface area contributed by atoms with E-state index in [9.17, 15) is 0 Å². The first-order valence-electron chi connectivity index (χ1n) is 34.8. The molecule has 3 aliphatic carbocycles. The molecule has 1 fully saturated rings. The molecule has 0 amide bonds. The molecule has 16 rings (SSSR count). The van der Waals surface area contributed by atoms with Crippen LogP contribution < -0.4 is 36.0 Å². The summed E-state index contributed by atoms with van der Waals surface area (Å²) in [5.41, 5.74) is 30.7. The summed E-state index contributed by atoms with van der Waals surface area (Å²) >= 11 is 0. The second-order valence-electron chi connectivity index (χ2n) is 32.6. The van der Waals surface area contributed by atoms with Crippen LogP contribution in [0.5, 0.6) is 0 Å². The number of rotatable bonds is 8. The van der Waals surface area contributed by atoms with E-state index in [0.717, 1.165) is 43.5 Å². The van der Waals surface area contributed by atoms with Gasteiger partial charge in [-0.15, -0.1) is 0 Å². The topological polar surface area (TPSA) is 13.0 Å². The zero-order valence-corrected chi connectivity index (χ0v) is 57.3. The van der Waals surface area contributed by atoms with Gasteiger partial charge < -0.3 is 19.6 Å². The van der Waals surface area contributed by atoms with Gasteiger partial charge in [-0.25, -0.2) is 0 Å². The number of anilines is 11. The number of nitrogens with zero attached hydrogens (tertiary/aromatic N) is 4. The van der Waals surface area contributed by atoms with Crippen molar-refractivity contribution in [2.45, 2.75) is 179 Å². The first kappa shape index (κ1) is 59.5. The number of para-hydroxylation sites is 2. The Morgan fingerprint density at radius 2 is 0.882 bits per heavy atom. The summed E-state index contributed by atoms with van der Waals surface area (Å²) in [6.45, 7) is 32.2. The fraction of sp³-hybridized carbons (Fsp3) is 0.318. The van der Waals surface area contributed by atoms with E-state index in [-0.39, 0.29) is 44.7 Å². The molecule has 4 nitrogen and oxygen atoms in total. The molecule has 93 heavy (non-hydrogen) atoms. The van der Waals surface area contributed by atoms with Crippen molar-refractivity contribution < 1.29 is 0 Å². The van der Waals surface area contributed by atoms with Crippen molar-refractivity contribution in [1.82, 2.24) is 0 Å². The highest BCUT2D eigenvalue weighted by atomic mass is 15.3. The Kier molecular flexibility index (Phi) is 13.4. The van der Waals surface area contributed by atoms with Gasteiger partial charge in [-0.1, -0.05) is 223 Å². The Balaban J connectivity index is 1.04. The Labute approximate surface area is 555 Å². The summed E-state index contributed by atoms with van der Waals surface area (Å²) in [7, 11) is 0. The van der Waals surface area contributed by atoms with Crippen LogP contribution in [-0.4, -0.2) is 12.3 Å². The highest BCUT2D eigenvalue weighted by Gasteiger charge is 2.59. The molecule has 10 aromatic rings. The van der Waals surface area contributed by atoms with Crippen LogP contribution in [0, 0.1) is 0 Å². The average Bonchev–Trinajstić information content (AvgIpc) is 1.53. The molecule has 0 N–H and O–H groups in total. The van der Waals surface area contributed by atoms with Crippen LogP contribution in [0.3, 0.4) is 0 Å². The highest BCUT2D eigenvalue weighted by Crippen LogP contribution is 2.63. The SMILES string of the molecule is CC(C)(C)c1ccc(N2c3ccc(-c4ccccc4)cc3B3c4cc5c(cc4N(c4ccc6c(c4)C(C)(C)CCC6(C)C)c4cc(N6c7ccc(N(c8ccccc8)c8ccccc8)cc7C7(C)CCCCC67C)cc2c43)C(C)(C)CCC5(C)C)c(-c2ccccc2)c1. The van der Waals surface area contributed by atoms with Crippen molar-refractivity contribution in [3.63, 3.8) is 0 Å². The molecule has 0 aromatic heterocycles. The van der Waals surface area contributed by atoms with Gasteiger partial charge in [0.1, 0.15) is 0 Å². The third kappa shape index (κ3) is 9.19. The minimum atomic E-state index is -0.268. The van der Waals surface area contributed by atoms with E-state index in [0.29, 0.717) is 0 Å². The van der Waals surface area contributed by atoms with E-state index >= 15 is 0 Å². The first-order valence-corrected chi connectivity index (χ1v) is 34.8. The smallest absolute Gasteiger partial charge is 0.252 e. The molecule has 2 unspecified atom stereocenters. The summed E-state index contributed by atoms with van der Waals surface area (Å²) in [6, 6.07) is 85.2. The molecule has 1 saturated carbocycles. The lowest BCUT2D eigenvalue weighted by molar-refractivity contribution is 0.195. The normalized spacial score (nSPS) is 20.7. The van der Waals surface area contributed by atoms with E-state index in [4.69, 9.17) is 0 Å². The van der Waals surface area contributed by atoms with E-state index in [2.05, 4.69) is 328 Å². The maximum absolute atomic E-state index is 2.87. The molecule has 3 heterocycles. The molecular weight excluding hydrogens is 1120 g/mol. The lowest BCUT2D eigenvalue weighted by Gasteiger charge is -2.51. The van der Waals surface area contributed by atoms with Gasteiger partial charge in [0.25, 0.3) is 6.71 Å². The fourth-order valence-electron chi connectivity index (χ4n) is 18.2. The summed E-state index contributed by atoms with van der Waals surface area (Å²) in [5.74, 6) is 0. The quantitative estimate of drug-likeness (QED) is 0.141. The van der Waals surface area contributed by atoms with Gasteiger partial charge in [0.15, 0.2) is 0 Å². The van der Waals surface area contributed by atoms with Crippen LogP contribution in [0.2, 0.25) is 0 Å². The molecule has 0 saturated heterocycles. The summed E-state index contributed by atoms with van der Waals surface area (Å²) in [6.07, 6.45) is 9.14. The van der Waals surface area contributed by atoms with E-state index in [1.807, 2.05) is 0 Å². The van der Waals surface area contributed by atoms with E-state index < -0.39 is 0 Å². The summed E-state index contributed by atoms with van der Waals surface area (Å²) in [5, 5.41) is 0. The molecule has 2 atom stereocenters. The molecule has 3 aliphatic heterocycles. The van der Waals surface area contributed by atoms with Gasteiger partial charge in [0, 0.05) is 67.9 Å². The predicted octanol–water partition coefficient (Wildman–Crippen LogP) is 22.3. The second-order valence-corrected chi connectivity index (χ2v) is 32.6. The van der Waals surface area contributed by atoms with Crippen molar-refractivity contribution in [2.75, 3.05) is 19.6 Å². The highest BCUT2D eigenvalue weighted by molar-refractivity contribution is 7.00. The third-order valence-electron chi connectivity index (χ3n) is 24.0. The Bertz CT molecular complexity index is 4570. The Hall–Kier alpha value is -8.54. The molecule has 5 heteroatoms. The summed E-state index contributed by atoms with van der Waals surface area (Å²) in [4.78, 5) is 10.8. The Morgan fingerprint density at radius 3 is 1.51 bits per heavy atom. The van der Waals surface area contributed by atoms with Gasteiger partial charge in [0.05, 0.1) is 11.2 Å². The zero-order valence-electron chi connectivity index (χ0n) is 57.3. The van der Waals surface area contributed by atoms with Crippen molar-refractivity contribution in [1.29, 1.82) is 0 Å². The fourth-order valence-corrected chi connectivity index (χ4v) is 18.2. The third-order valence-corrected chi connectivity index (χ3v) is 24.0. The van der Waals surface area contributed by atoms with Crippen LogP contribution in [0.4, 0.5) is 62.6 Å². The van der Waals surface area contributed by atoms with Gasteiger partial charge >= 0.3 is 0 Å². The van der Waals surface area contributed by atoms with Gasteiger partial charge in [-0.3, -0.25) is 0 Å². The minimum Gasteiger partial charge on any atom is -0.334 e.